The van der Waals surface area contributed by atoms with Gasteiger partial charge in [0.05, 0.1) is 44.0 Å². The Morgan fingerprint density at radius 3 is 1.49 bits per heavy atom. The molecule has 0 aliphatic heterocycles. The first-order valence-electron chi connectivity index (χ1n) is 22.6. The van der Waals surface area contributed by atoms with Gasteiger partial charge in [-0.15, -0.1) is 46.4 Å². The summed E-state index contributed by atoms with van der Waals surface area (Å²) in [7, 11) is 0. The van der Waals surface area contributed by atoms with Gasteiger partial charge in [-0.25, -0.2) is 0 Å². The summed E-state index contributed by atoms with van der Waals surface area (Å²) < 4.78 is 26.9. The van der Waals surface area contributed by atoms with Crippen molar-refractivity contribution < 1.29 is 58.2 Å². The number of carboxylic acid groups (broad SMARTS) is 1. The molecule has 0 amide bonds. The maximum atomic E-state index is 11.5. The Balaban J connectivity index is 0.000000443. The monoisotopic (exact) mass is 1070 g/mol. The summed E-state index contributed by atoms with van der Waals surface area (Å²) in [4.78, 5) is 43.9. The SMILES string of the molecule is C=CCOC(=O)CCC/C=C\C[C@@H]1[C@@H](COc2cc(Cl)cc(CCOC(C)=O)c2)[C@H](O)C[C@H]1Cl.CC(=O)OCCc1cc(Cl)cc(OC[C@@H]2[C@@H](C/C=C\CCCC(=O)O)[C@H](Cl)C[C@H]2O)c1.ClCCl. The van der Waals surface area contributed by atoms with Crippen molar-refractivity contribution in [3.8, 4) is 11.5 Å². The molecule has 380 valence electrons. The van der Waals surface area contributed by atoms with Crippen LogP contribution in [0.4, 0.5) is 0 Å². The van der Waals surface area contributed by atoms with E-state index >= 15 is 0 Å². The third-order valence-electron chi connectivity index (χ3n) is 11.1. The van der Waals surface area contributed by atoms with E-state index in [1.165, 1.54) is 13.8 Å². The highest BCUT2D eigenvalue weighted by atomic mass is 35.5. The van der Waals surface area contributed by atoms with Crippen LogP contribution in [-0.4, -0.2) is 101 Å². The third kappa shape index (κ3) is 25.6. The van der Waals surface area contributed by atoms with E-state index in [4.69, 9.17) is 98.4 Å². The first-order chi connectivity index (χ1) is 32.5. The number of alkyl halides is 4. The Bertz CT molecular complexity index is 1900. The van der Waals surface area contributed by atoms with Crippen LogP contribution in [-0.2, 0) is 46.2 Å². The first kappa shape index (κ1) is 60.9. The van der Waals surface area contributed by atoms with Crippen LogP contribution in [0, 0.1) is 23.7 Å². The number of rotatable bonds is 26. The number of hydrogen-bond acceptors (Lipinski definition) is 11. The molecule has 2 aromatic carbocycles. The number of carbonyl (C=O) groups excluding carboxylic acids is 3. The highest BCUT2D eigenvalue weighted by Gasteiger charge is 2.42. The number of allylic oxidation sites excluding steroid dienone is 4. The lowest BCUT2D eigenvalue weighted by molar-refractivity contribution is -0.143. The standard InChI is InChI=1S/C26H34Cl2O6.C23H30Cl2O6.CH2Cl2/c1-3-11-33-26(31)9-7-5-4-6-8-22-23(25(30)16-24(22)28)17-34-21-14-19(13-20(27)15-21)10-12-32-18(2)29;1-15(26)30-9-8-16-10-17(24)12-18(11-16)31-14-20-19(21(25)13-22(20)27)6-4-2-3-5-7-23(28)29;2-1-3/h3-4,6,13-15,22-25,30H,1,5,7-12,16-17H2,2H3;2,4,10-12,19-22,27H,3,5-9,13-14H2,1H3,(H,28,29);1H2/b6-4-;4-2-;/t22-,23-,24-,25-;19-,20-,21-,22-;/m11./s1. The Morgan fingerprint density at radius 2 is 1.09 bits per heavy atom. The van der Waals surface area contributed by atoms with Gasteiger partial charge in [-0.05, 0) is 111 Å². The summed E-state index contributed by atoms with van der Waals surface area (Å²) in [5.74, 6) is -0.544. The van der Waals surface area contributed by atoms with Gasteiger partial charge in [0.25, 0.3) is 0 Å². The normalized spacial score (nSPS) is 21.9. The van der Waals surface area contributed by atoms with E-state index in [2.05, 4.69) is 12.7 Å². The second-order valence-electron chi connectivity index (χ2n) is 16.4. The summed E-state index contributed by atoms with van der Waals surface area (Å²) in [5, 5.41) is 30.6. The molecule has 0 unspecified atom stereocenters. The Morgan fingerprint density at radius 1 is 0.662 bits per heavy atom. The van der Waals surface area contributed by atoms with Crippen molar-refractivity contribution in [1.82, 2.24) is 0 Å². The van der Waals surface area contributed by atoms with Gasteiger partial charge in [0.2, 0.25) is 0 Å². The van der Waals surface area contributed by atoms with Gasteiger partial charge >= 0.3 is 23.9 Å². The fourth-order valence-electron chi connectivity index (χ4n) is 7.79. The molecule has 0 bridgehead atoms. The zero-order chi connectivity index (χ0) is 50.4. The smallest absolute Gasteiger partial charge is 0.306 e. The number of carbonyl (C=O) groups is 4. The van der Waals surface area contributed by atoms with Crippen molar-refractivity contribution in [2.75, 3.05) is 38.4 Å². The minimum Gasteiger partial charge on any atom is -0.493 e. The van der Waals surface area contributed by atoms with Crippen molar-refractivity contribution in [2.24, 2.45) is 23.7 Å². The molecule has 2 aliphatic rings. The number of halogens is 6. The van der Waals surface area contributed by atoms with E-state index in [1.807, 2.05) is 36.4 Å². The van der Waals surface area contributed by atoms with Gasteiger partial charge in [-0.1, -0.05) is 60.2 Å². The number of esters is 3. The van der Waals surface area contributed by atoms with Crippen LogP contribution in [0.25, 0.3) is 0 Å². The van der Waals surface area contributed by atoms with Gasteiger partial charge < -0.3 is 39.0 Å². The van der Waals surface area contributed by atoms with Crippen molar-refractivity contribution in [3.63, 3.8) is 0 Å². The molecule has 18 heteroatoms. The molecule has 4 rings (SSSR count). The lowest BCUT2D eigenvalue weighted by Gasteiger charge is -2.23. The van der Waals surface area contributed by atoms with Crippen molar-refractivity contribution in [2.45, 2.75) is 114 Å². The van der Waals surface area contributed by atoms with Gasteiger partial charge in [0, 0.05) is 72.2 Å². The molecule has 0 radical (unpaired) electrons. The molecular weight excluding hydrogens is 1010 g/mol. The number of aliphatic carboxylic acids is 1. The number of hydrogen-bond donors (Lipinski definition) is 3. The third-order valence-corrected chi connectivity index (χ3v) is 12.6. The van der Waals surface area contributed by atoms with E-state index in [1.54, 1.807) is 24.3 Å². The molecule has 3 N–H and O–H groups in total. The second-order valence-corrected chi connectivity index (χ2v) is 19.2. The predicted molar refractivity (Wildman–Crippen MR) is 270 cm³/mol. The van der Waals surface area contributed by atoms with Crippen LogP contribution in [0.15, 0.2) is 73.4 Å². The summed E-state index contributed by atoms with van der Waals surface area (Å²) in [5.41, 5.74) is 1.80. The molecule has 8 atom stereocenters. The quantitative estimate of drug-likeness (QED) is 0.0268. The summed E-state index contributed by atoms with van der Waals surface area (Å²) in [6.07, 6.45) is 15.4. The summed E-state index contributed by atoms with van der Waals surface area (Å²) in [6, 6.07) is 10.8. The Labute approximate surface area is 431 Å². The van der Waals surface area contributed by atoms with Crippen LogP contribution in [0.2, 0.25) is 10.0 Å². The zero-order valence-corrected chi connectivity index (χ0v) is 43.2. The minimum atomic E-state index is -0.791. The van der Waals surface area contributed by atoms with E-state index < -0.39 is 18.2 Å². The molecule has 2 aliphatic carbocycles. The number of aliphatic hydroxyl groups excluding tert-OH is 2. The molecule has 0 saturated heterocycles. The minimum absolute atomic E-state index is 0.0648. The fourth-order valence-corrected chi connectivity index (χ4v) is 9.23. The number of ether oxygens (including phenoxy) is 5. The number of unbranched alkanes of at least 4 members (excludes halogenated alkanes) is 2. The van der Waals surface area contributed by atoms with Crippen LogP contribution < -0.4 is 9.47 Å². The maximum Gasteiger partial charge on any atom is 0.306 e. The van der Waals surface area contributed by atoms with E-state index in [9.17, 15) is 29.4 Å². The lowest BCUT2D eigenvalue weighted by atomic mass is 9.92. The molecule has 2 fully saturated rings. The van der Waals surface area contributed by atoms with Crippen molar-refractivity contribution in [1.29, 1.82) is 0 Å². The van der Waals surface area contributed by atoms with Crippen LogP contribution in [0.3, 0.4) is 0 Å². The molecule has 0 heterocycles. The lowest BCUT2D eigenvalue weighted by Crippen LogP contribution is -2.27. The predicted octanol–water partition coefficient (Wildman–Crippen LogP) is 11.3. The van der Waals surface area contributed by atoms with Gasteiger partial charge in [-0.3, -0.25) is 19.2 Å². The number of aliphatic hydroxyl groups is 2. The number of carboxylic acids is 1. The first-order valence-corrected chi connectivity index (χ1v) is 25.3. The Hall–Kier alpha value is -3.20. The molecule has 12 nitrogen and oxygen atoms in total. The zero-order valence-electron chi connectivity index (χ0n) is 38.7. The highest BCUT2D eigenvalue weighted by molar-refractivity contribution is 6.40. The summed E-state index contributed by atoms with van der Waals surface area (Å²) >= 11 is 34.9. The molecule has 68 heavy (non-hydrogen) atoms. The van der Waals surface area contributed by atoms with Gasteiger partial charge in [0.1, 0.15) is 18.1 Å². The molecule has 2 saturated carbocycles. The van der Waals surface area contributed by atoms with E-state index in [0.717, 1.165) is 24.0 Å². The second kappa shape index (κ2) is 35.0. The maximum absolute atomic E-state index is 11.5. The van der Waals surface area contributed by atoms with Crippen LogP contribution in [0.5, 0.6) is 11.5 Å². The topological polar surface area (TPSA) is 175 Å². The molecule has 0 spiro atoms. The highest BCUT2D eigenvalue weighted by Crippen LogP contribution is 2.40. The summed E-state index contributed by atoms with van der Waals surface area (Å²) in [6.45, 7) is 7.67. The van der Waals surface area contributed by atoms with Gasteiger partial charge in [-0.2, -0.15) is 0 Å². The Kier molecular flexibility index (Phi) is 31.3. The molecule has 0 aromatic heterocycles. The van der Waals surface area contributed by atoms with E-state index in [-0.39, 0.29) is 83.9 Å². The van der Waals surface area contributed by atoms with Crippen molar-refractivity contribution in [3.05, 3.63) is 94.5 Å². The average molecular weight is 1070 g/mol. The van der Waals surface area contributed by atoms with Crippen LogP contribution in [0.1, 0.15) is 89.2 Å². The fraction of sp³-hybridized carbons (Fsp3) is 0.560. The molecule has 2 aromatic rings. The van der Waals surface area contributed by atoms with Gasteiger partial charge in [0.15, 0.2) is 0 Å². The van der Waals surface area contributed by atoms with Crippen LogP contribution >= 0.6 is 69.6 Å². The largest absolute Gasteiger partial charge is 0.493 e. The van der Waals surface area contributed by atoms with E-state index in [0.29, 0.717) is 92.5 Å². The number of benzene rings is 2. The van der Waals surface area contributed by atoms with Crippen molar-refractivity contribution >= 4 is 93.5 Å². The average Bonchev–Trinajstić information content (AvgIpc) is 3.69. The molecular formula is C50H66Cl6O12.